The number of piperidine rings is 1. The lowest BCUT2D eigenvalue weighted by Crippen LogP contribution is -2.31. The second kappa shape index (κ2) is 8.80. The fourth-order valence-electron chi connectivity index (χ4n) is 4.78. The molecule has 0 bridgehead atoms. The van der Waals surface area contributed by atoms with E-state index in [9.17, 15) is 4.79 Å². The van der Waals surface area contributed by atoms with Gasteiger partial charge in [-0.1, -0.05) is 18.1 Å². The van der Waals surface area contributed by atoms with E-state index >= 15 is 4.39 Å². The van der Waals surface area contributed by atoms with Crippen molar-refractivity contribution in [2.75, 3.05) is 36.5 Å². The third-order valence-corrected chi connectivity index (χ3v) is 7.41. The summed E-state index contributed by atoms with van der Waals surface area (Å²) in [4.78, 5) is 23.3. The smallest absolute Gasteiger partial charge is 0.326 e. The van der Waals surface area contributed by atoms with Crippen molar-refractivity contribution in [3.05, 3.63) is 42.1 Å². The lowest BCUT2D eigenvalue weighted by atomic mass is 10.1. The maximum atomic E-state index is 15.1. The van der Waals surface area contributed by atoms with Gasteiger partial charge in [-0.2, -0.15) is 5.10 Å². The van der Waals surface area contributed by atoms with Gasteiger partial charge in [0, 0.05) is 17.0 Å². The average Bonchev–Trinajstić information content (AvgIpc) is 3.26. The second-order valence-corrected chi connectivity index (χ2v) is 10.2. The maximum absolute atomic E-state index is 15.1. The number of rotatable bonds is 5. The summed E-state index contributed by atoms with van der Waals surface area (Å²) in [5.41, 5.74) is 8.69. The normalized spacial score (nSPS) is 17.7. The van der Waals surface area contributed by atoms with Crippen LogP contribution in [0, 0.1) is 5.82 Å². The molecule has 192 valence electrons. The molecule has 1 aromatic carbocycles. The van der Waals surface area contributed by atoms with Gasteiger partial charge in [-0.15, -0.1) is 0 Å². The van der Waals surface area contributed by atoms with E-state index in [1.165, 1.54) is 18.5 Å². The molecule has 3 aromatic heterocycles. The van der Waals surface area contributed by atoms with Crippen LogP contribution in [-0.4, -0.2) is 56.0 Å². The van der Waals surface area contributed by atoms with E-state index in [0.717, 1.165) is 44.5 Å². The molecule has 12 heteroatoms. The summed E-state index contributed by atoms with van der Waals surface area (Å²) in [6, 6.07) is 5.72. The van der Waals surface area contributed by atoms with Crippen molar-refractivity contribution in [3.63, 3.8) is 0 Å². The minimum atomic E-state index is -0.634. The van der Waals surface area contributed by atoms with E-state index in [2.05, 4.69) is 44.6 Å². The van der Waals surface area contributed by atoms with Gasteiger partial charge >= 0.3 is 6.03 Å². The maximum Gasteiger partial charge on any atom is 0.326 e. The number of benzene rings is 1. The van der Waals surface area contributed by atoms with Gasteiger partial charge in [0.15, 0.2) is 5.65 Å². The van der Waals surface area contributed by atoms with Crippen LogP contribution >= 0.6 is 0 Å². The van der Waals surface area contributed by atoms with E-state index in [0.29, 0.717) is 22.3 Å². The van der Waals surface area contributed by atoms with Crippen molar-refractivity contribution in [2.24, 2.45) is 0 Å². The monoisotopic (exact) mass is 505 g/mol. The van der Waals surface area contributed by atoms with Crippen LogP contribution in [0.1, 0.15) is 44.3 Å². The molecule has 6 rings (SSSR count). The standard InChI is InChI=1S/C25H28FN9O2/c1-25(7-8-25)18-12-19(37-33-18)31-24(36)30-17-4-3-14(11-16(17)26)21-20-22(27)28-13-29-23(20)35(32-21)15-5-9-34(2)10-6-15/h3-4,11-13,15H,5-10H2,1-2H3,(H2,27,28,29)(H2,30,31,36). The van der Waals surface area contributed by atoms with Crippen molar-refractivity contribution in [3.8, 4) is 11.3 Å². The van der Waals surface area contributed by atoms with Gasteiger partial charge in [0.25, 0.3) is 0 Å². The molecule has 37 heavy (non-hydrogen) atoms. The third kappa shape index (κ3) is 4.37. The summed E-state index contributed by atoms with van der Waals surface area (Å²) in [6.45, 7) is 3.99. The largest absolute Gasteiger partial charge is 0.383 e. The minimum Gasteiger partial charge on any atom is -0.383 e. The summed E-state index contributed by atoms with van der Waals surface area (Å²) < 4.78 is 22.2. The van der Waals surface area contributed by atoms with E-state index in [1.807, 2.05) is 4.68 Å². The molecule has 1 aliphatic heterocycles. The molecule has 2 aliphatic rings. The molecular weight excluding hydrogens is 477 g/mol. The van der Waals surface area contributed by atoms with E-state index in [-0.39, 0.29) is 28.8 Å². The Balaban J connectivity index is 1.24. The van der Waals surface area contributed by atoms with Crippen LogP contribution in [0.4, 0.5) is 26.6 Å². The first-order valence-corrected chi connectivity index (χ1v) is 12.3. The third-order valence-electron chi connectivity index (χ3n) is 7.41. The fourth-order valence-corrected chi connectivity index (χ4v) is 4.78. The molecule has 2 amide bonds. The Hall–Kier alpha value is -4.06. The van der Waals surface area contributed by atoms with Crippen molar-refractivity contribution < 1.29 is 13.7 Å². The molecule has 1 saturated heterocycles. The Kier molecular flexibility index (Phi) is 5.55. The molecule has 1 saturated carbocycles. The first kappa shape index (κ1) is 23.3. The highest BCUT2D eigenvalue weighted by atomic mass is 19.1. The minimum absolute atomic E-state index is 0.0124. The summed E-state index contributed by atoms with van der Waals surface area (Å²) in [7, 11) is 2.10. The number of hydrogen-bond acceptors (Lipinski definition) is 8. The van der Waals surface area contributed by atoms with Gasteiger partial charge < -0.3 is 20.5 Å². The molecule has 4 N–H and O–H groups in total. The Labute approximate surface area is 212 Å². The topological polar surface area (TPSA) is 140 Å². The van der Waals surface area contributed by atoms with Gasteiger partial charge in [0.2, 0.25) is 5.88 Å². The van der Waals surface area contributed by atoms with Gasteiger partial charge in [0.05, 0.1) is 22.8 Å². The Morgan fingerprint density at radius 2 is 1.97 bits per heavy atom. The average molecular weight is 506 g/mol. The van der Waals surface area contributed by atoms with Gasteiger partial charge in [-0.3, -0.25) is 5.32 Å². The highest BCUT2D eigenvalue weighted by molar-refractivity contribution is 6.00. The molecule has 0 radical (unpaired) electrons. The number of amides is 2. The zero-order valence-electron chi connectivity index (χ0n) is 20.7. The number of aromatic nitrogens is 5. The number of anilines is 3. The number of likely N-dealkylation sites (tertiary alicyclic amines) is 1. The van der Waals surface area contributed by atoms with Crippen molar-refractivity contribution in [1.29, 1.82) is 0 Å². The Morgan fingerprint density at radius 3 is 2.70 bits per heavy atom. The zero-order valence-corrected chi connectivity index (χ0v) is 20.7. The van der Waals surface area contributed by atoms with E-state index in [4.69, 9.17) is 15.4 Å². The molecule has 4 aromatic rings. The number of halogens is 1. The molecule has 2 fully saturated rings. The molecule has 4 heterocycles. The molecular formula is C25H28FN9O2. The molecule has 11 nitrogen and oxygen atoms in total. The summed E-state index contributed by atoms with van der Waals surface area (Å²) in [6.07, 6.45) is 5.34. The SMILES string of the molecule is CN1CCC(n2nc(-c3ccc(NC(=O)Nc4cc(C5(C)CC5)no4)c(F)c3)c3c(N)ncnc32)CC1. The van der Waals surface area contributed by atoms with Gasteiger partial charge in [-0.25, -0.2) is 23.8 Å². The number of nitrogen functional groups attached to an aromatic ring is 1. The summed E-state index contributed by atoms with van der Waals surface area (Å²) in [5.74, 6) is -0.125. The van der Waals surface area contributed by atoms with Crippen LogP contribution in [-0.2, 0) is 5.41 Å². The number of carbonyl (C=O) groups excluding carboxylic acids is 1. The molecule has 1 aliphatic carbocycles. The van der Waals surface area contributed by atoms with Gasteiger partial charge in [0.1, 0.15) is 23.7 Å². The number of nitrogens with two attached hydrogens (primary N) is 1. The number of carbonyl (C=O) groups is 1. The highest BCUT2D eigenvalue weighted by Crippen LogP contribution is 2.47. The number of nitrogens with one attached hydrogen (secondary N) is 2. The van der Waals surface area contributed by atoms with Crippen molar-refractivity contribution in [2.45, 2.75) is 44.1 Å². The quantitative estimate of drug-likeness (QED) is 0.367. The van der Waals surface area contributed by atoms with Crippen molar-refractivity contribution in [1.82, 2.24) is 29.8 Å². The van der Waals surface area contributed by atoms with Crippen molar-refractivity contribution >= 4 is 34.5 Å². The Bertz CT molecular complexity index is 1480. The molecule has 0 unspecified atom stereocenters. The van der Waals surface area contributed by atoms with E-state index < -0.39 is 11.8 Å². The first-order chi connectivity index (χ1) is 17.8. The number of hydrogen-bond donors (Lipinski definition) is 3. The number of nitrogens with zero attached hydrogens (tertiary/aromatic N) is 6. The van der Waals surface area contributed by atoms with Crippen LogP contribution in [0.25, 0.3) is 22.3 Å². The van der Waals surface area contributed by atoms with Crippen LogP contribution in [0.3, 0.4) is 0 Å². The number of urea groups is 1. The predicted octanol–water partition coefficient (Wildman–Crippen LogP) is 4.16. The fraction of sp³-hybridized carbons (Fsp3) is 0.400. The summed E-state index contributed by atoms with van der Waals surface area (Å²) in [5, 5.41) is 14.5. The lowest BCUT2D eigenvalue weighted by molar-refractivity contribution is 0.215. The molecule has 0 spiro atoms. The predicted molar refractivity (Wildman–Crippen MR) is 137 cm³/mol. The first-order valence-electron chi connectivity index (χ1n) is 12.3. The van der Waals surface area contributed by atoms with Crippen LogP contribution < -0.4 is 16.4 Å². The number of fused-ring (bicyclic) bond motifs is 1. The van der Waals surface area contributed by atoms with Gasteiger partial charge in [-0.05, 0) is 58.0 Å². The second-order valence-electron chi connectivity index (χ2n) is 10.2. The van der Waals surface area contributed by atoms with Crippen LogP contribution in [0.2, 0.25) is 0 Å². The lowest BCUT2D eigenvalue weighted by Gasteiger charge is -2.29. The molecule has 0 atom stereocenters. The summed E-state index contributed by atoms with van der Waals surface area (Å²) >= 11 is 0. The van der Waals surface area contributed by atoms with E-state index in [1.54, 1.807) is 12.1 Å². The Morgan fingerprint density at radius 1 is 1.19 bits per heavy atom. The highest BCUT2D eigenvalue weighted by Gasteiger charge is 2.42. The zero-order chi connectivity index (χ0) is 25.7. The van der Waals surface area contributed by atoms with Crippen LogP contribution in [0.5, 0.6) is 0 Å². The van der Waals surface area contributed by atoms with Crippen LogP contribution in [0.15, 0.2) is 35.1 Å².